The number of benzene rings is 4. The number of hydrogen-bond acceptors (Lipinski definition) is 7. The first-order valence-electron chi connectivity index (χ1n) is 14.2. The van der Waals surface area contributed by atoms with Crippen molar-refractivity contribution in [3.05, 3.63) is 131 Å². The Kier molecular flexibility index (Phi) is 8.84. The first-order chi connectivity index (χ1) is 20.6. The number of aliphatic hydroxyl groups is 1. The van der Waals surface area contributed by atoms with E-state index in [4.69, 9.17) is 24.6 Å². The lowest BCUT2D eigenvalue weighted by molar-refractivity contribution is -0.268. The Balaban J connectivity index is 1.28. The quantitative estimate of drug-likeness (QED) is 0.175. The number of hydrogen-bond donors (Lipinski definition) is 2. The average Bonchev–Trinajstić information content (AvgIpc) is 3.50. The lowest BCUT2D eigenvalue weighted by Crippen LogP contribution is -2.38. The average molecular weight is 579 g/mol. The largest absolute Gasteiger partial charge is 0.431 e. The fraction of sp³-hybridized carbons (Fsp3) is 0.229. The number of rotatable bonds is 9. The van der Waals surface area contributed by atoms with Crippen LogP contribution in [0.4, 0.5) is 0 Å². The van der Waals surface area contributed by atoms with Crippen LogP contribution in [0, 0.1) is 5.92 Å². The molecule has 0 radical (unpaired) electrons. The van der Waals surface area contributed by atoms with E-state index < -0.39 is 6.29 Å². The second kappa shape index (κ2) is 13.1. The highest BCUT2D eigenvalue weighted by atomic mass is 32.2. The Labute approximate surface area is 250 Å². The lowest BCUT2D eigenvalue weighted by Gasteiger charge is -2.41. The van der Waals surface area contributed by atoms with E-state index in [1.54, 1.807) is 11.8 Å². The van der Waals surface area contributed by atoms with Crippen molar-refractivity contribution in [1.82, 2.24) is 4.98 Å². The van der Waals surface area contributed by atoms with Crippen molar-refractivity contribution in [3.8, 4) is 22.6 Å². The van der Waals surface area contributed by atoms with Crippen molar-refractivity contribution in [2.45, 2.75) is 43.8 Å². The summed E-state index contributed by atoms with van der Waals surface area (Å²) in [6.07, 6.45) is -0.872. The normalized spacial score (nSPS) is 20.5. The van der Waals surface area contributed by atoms with Crippen LogP contribution in [0.5, 0.6) is 0 Å². The molecule has 2 heterocycles. The first kappa shape index (κ1) is 28.4. The van der Waals surface area contributed by atoms with Gasteiger partial charge in [0.05, 0.1) is 18.8 Å². The van der Waals surface area contributed by atoms with E-state index in [0.29, 0.717) is 17.5 Å². The molecule has 6 nitrogen and oxygen atoms in total. The van der Waals surface area contributed by atoms with E-state index >= 15 is 0 Å². The molecule has 0 aliphatic carbocycles. The van der Waals surface area contributed by atoms with Crippen molar-refractivity contribution in [3.63, 3.8) is 0 Å². The van der Waals surface area contributed by atoms with E-state index in [2.05, 4.69) is 19.1 Å². The van der Waals surface area contributed by atoms with Crippen molar-refractivity contribution in [1.29, 1.82) is 0 Å². The SMILES string of the molecule is C[C@H]1[C@@H](CSc2nc(-c3ccccc3)c(-c3ccccc3)o2)OC(c2ccc(CN)cc2)O[C@H]1c1ccc(CO)cc1. The highest BCUT2D eigenvalue weighted by Crippen LogP contribution is 2.44. The number of aromatic nitrogens is 1. The molecule has 5 aromatic rings. The van der Waals surface area contributed by atoms with Crippen LogP contribution < -0.4 is 5.73 Å². The van der Waals surface area contributed by atoms with Gasteiger partial charge in [-0.1, -0.05) is 128 Å². The molecule has 1 aromatic heterocycles. The van der Waals surface area contributed by atoms with Crippen molar-refractivity contribution in [2.75, 3.05) is 5.75 Å². The Morgan fingerprint density at radius 1 is 0.762 bits per heavy atom. The van der Waals surface area contributed by atoms with Crippen LogP contribution in [0.15, 0.2) is 119 Å². The minimum atomic E-state index is -0.537. The minimum Gasteiger partial charge on any atom is -0.431 e. The molecule has 1 unspecified atom stereocenters. The Morgan fingerprint density at radius 3 is 2.02 bits per heavy atom. The van der Waals surface area contributed by atoms with Gasteiger partial charge >= 0.3 is 0 Å². The third-order valence-corrected chi connectivity index (χ3v) is 8.59. The summed E-state index contributed by atoms with van der Waals surface area (Å²) in [5.41, 5.74) is 12.6. The number of nitrogens with two attached hydrogens (primary N) is 1. The number of nitrogens with zero attached hydrogens (tertiary/aromatic N) is 1. The van der Waals surface area contributed by atoms with Gasteiger partial charge in [-0.3, -0.25) is 0 Å². The molecule has 6 rings (SSSR count). The first-order valence-corrected chi connectivity index (χ1v) is 15.2. The molecule has 4 atom stereocenters. The Bertz CT molecular complexity index is 1520. The molecule has 1 aliphatic heterocycles. The van der Waals surface area contributed by atoms with Crippen molar-refractivity contribution >= 4 is 11.8 Å². The van der Waals surface area contributed by atoms with E-state index in [1.165, 1.54) is 0 Å². The summed E-state index contributed by atoms with van der Waals surface area (Å²) in [7, 11) is 0. The predicted molar refractivity (Wildman–Crippen MR) is 165 cm³/mol. The summed E-state index contributed by atoms with van der Waals surface area (Å²) in [5, 5.41) is 10.1. The van der Waals surface area contributed by atoms with Gasteiger partial charge < -0.3 is 24.7 Å². The fourth-order valence-corrected chi connectivity index (χ4v) is 6.20. The van der Waals surface area contributed by atoms with Crippen LogP contribution in [0.3, 0.4) is 0 Å². The predicted octanol–water partition coefficient (Wildman–Crippen LogP) is 7.54. The molecule has 0 spiro atoms. The molecule has 7 heteroatoms. The van der Waals surface area contributed by atoms with Gasteiger partial charge in [-0.25, -0.2) is 4.98 Å². The zero-order valence-electron chi connectivity index (χ0n) is 23.4. The van der Waals surface area contributed by atoms with Crippen LogP contribution in [0.25, 0.3) is 22.6 Å². The third-order valence-electron chi connectivity index (χ3n) is 7.67. The molecule has 214 valence electrons. The van der Waals surface area contributed by atoms with Gasteiger partial charge in [-0.2, -0.15) is 0 Å². The maximum atomic E-state index is 9.53. The van der Waals surface area contributed by atoms with Gasteiger partial charge in [0, 0.05) is 34.9 Å². The van der Waals surface area contributed by atoms with Crippen LogP contribution in [0.2, 0.25) is 0 Å². The fourth-order valence-electron chi connectivity index (χ4n) is 5.21. The van der Waals surface area contributed by atoms with Gasteiger partial charge in [0.25, 0.3) is 5.22 Å². The highest BCUT2D eigenvalue weighted by Gasteiger charge is 2.38. The van der Waals surface area contributed by atoms with Gasteiger partial charge in [-0.15, -0.1) is 0 Å². The molecule has 0 bridgehead atoms. The number of thioether (sulfide) groups is 1. The smallest absolute Gasteiger partial charge is 0.256 e. The van der Waals surface area contributed by atoms with E-state index in [1.807, 2.05) is 97.1 Å². The summed E-state index contributed by atoms with van der Waals surface area (Å²) in [6.45, 7) is 2.64. The number of oxazole rings is 1. The van der Waals surface area contributed by atoms with E-state index in [-0.39, 0.29) is 24.7 Å². The van der Waals surface area contributed by atoms with Gasteiger partial charge in [-0.05, 0) is 16.7 Å². The van der Waals surface area contributed by atoms with Crippen molar-refractivity contribution in [2.24, 2.45) is 11.7 Å². The third kappa shape index (κ3) is 6.21. The molecule has 42 heavy (non-hydrogen) atoms. The molecule has 1 saturated heterocycles. The second-order valence-corrected chi connectivity index (χ2v) is 11.4. The van der Waals surface area contributed by atoms with Gasteiger partial charge in [0.1, 0.15) is 5.69 Å². The molecule has 1 aliphatic rings. The van der Waals surface area contributed by atoms with Gasteiger partial charge in [0.2, 0.25) is 0 Å². The monoisotopic (exact) mass is 578 g/mol. The molecule has 0 saturated carbocycles. The maximum absolute atomic E-state index is 9.53. The standard InChI is InChI=1S/C35H34N2O4S/c1-23-30(22-42-35-37-31(26-8-4-2-5-9-26)33(41-35)27-10-6-3-7-11-27)39-34(29-18-12-24(20-36)13-19-29)40-32(23)28-16-14-25(21-38)15-17-28/h2-19,23,30,32,34,38H,20-22,36H2,1H3/t23-,30+,32+,34?/m0/s1. The maximum Gasteiger partial charge on any atom is 0.256 e. The minimum absolute atomic E-state index is 0.00589. The number of aliphatic hydroxyl groups excluding tert-OH is 1. The van der Waals surface area contributed by atoms with Gasteiger partial charge in [0.15, 0.2) is 12.1 Å². The van der Waals surface area contributed by atoms with Crippen LogP contribution in [0.1, 0.15) is 41.6 Å². The van der Waals surface area contributed by atoms with Crippen LogP contribution in [-0.2, 0) is 22.6 Å². The molecule has 3 N–H and O–H groups in total. The summed E-state index contributed by atoms with van der Waals surface area (Å²) in [4.78, 5) is 4.93. The second-order valence-electron chi connectivity index (χ2n) is 10.5. The zero-order valence-corrected chi connectivity index (χ0v) is 24.2. The molecular weight excluding hydrogens is 544 g/mol. The summed E-state index contributed by atoms with van der Waals surface area (Å²) in [6, 6.07) is 36.2. The molecule has 0 amide bonds. The molecular formula is C35H34N2O4S. The summed E-state index contributed by atoms with van der Waals surface area (Å²) in [5.74, 6) is 1.44. The Morgan fingerprint density at radius 2 is 1.38 bits per heavy atom. The van der Waals surface area contributed by atoms with Crippen LogP contribution in [-0.4, -0.2) is 21.9 Å². The summed E-state index contributed by atoms with van der Waals surface area (Å²) < 4.78 is 19.6. The highest BCUT2D eigenvalue weighted by molar-refractivity contribution is 7.99. The molecule has 4 aromatic carbocycles. The molecule has 1 fully saturated rings. The van der Waals surface area contributed by atoms with E-state index in [0.717, 1.165) is 44.8 Å². The van der Waals surface area contributed by atoms with Crippen molar-refractivity contribution < 1.29 is 19.0 Å². The topological polar surface area (TPSA) is 90.7 Å². The number of ether oxygens (including phenoxy) is 2. The van der Waals surface area contributed by atoms with Crippen LogP contribution >= 0.6 is 11.8 Å². The van der Waals surface area contributed by atoms with E-state index in [9.17, 15) is 5.11 Å². The lowest BCUT2D eigenvalue weighted by atomic mass is 9.91. The Hall–Kier alpha value is -3.72. The summed E-state index contributed by atoms with van der Waals surface area (Å²) >= 11 is 1.55. The zero-order chi connectivity index (χ0) is 28.9.